The van der Waals surface area contributed by atoms with Crippen LogP contribution in [0.15, 0.2) is 46.9 Å². The Morgan fingerprint density at radius 2 is 1.62 bits per heavy atom. The fraction of sp³-hybridized carbons (Fsp3) is 0.300. The SMILES string of the molecule is COCCOc1ccc(NC(=S)NC(=O)c2cc(Br)ccc2OCCOC)cc1. The molecule has 2 aromatic carbocycles. The molecule has 0 saturated heterocycles. The molecule has 156 valence electrons. The highest BCUT2D eigenvalue weighted by Crippen LogP contribution is 2.23. The minimum absolute atomic E-state index is 0.172. The first kappa shape index (κ1) is 23.1. The minimum Gasteiger partial charge on any atom is -0.491 e. The van der Waals surface area contributed by atoms with Crippen molar-refractivity contribution < 1.29 is 23.7 Å². The monoisotopic (exact) mass is 482 g/mol. The van der Waals surface area contributed by atoms with Gasteiger partial charge in [-0.2, -0.15) is 0 Å². The second-order valence-electron chi connectivity index (χ2n) is 5.76. The molecule has 9 heteroatoms. The van der Waals surface area contributed by atoms with Crippen molar-refractivity contribution in [2.45, 2.75) is 0 Å². The summed E-state index contributed by atoms with van der Waals surface area (Å²) in [4.78, 5) is 12.6. The van der Waals surface area contributed by atoms with Crippen molar-refractivity contribution in [3.8, 4) is 11.5 Å². The molecule has 0 spiro atoms. The maximum absolute atomic E-state index is 12.6. The number of anilines is 1. The summed E-state index contributed by atoms with van der Waals surface area (Å²) in [6.45, 7) is 1.74. The van der Waals surface area contributed by atoms with Gasteiger partial charge in [-0.25, -0.2) is 0 Å². The molecule has 0 unspecified atom stereocenters. The molecule has 2 rings (SSSR count). The predicted octanol–water partition coefficient (Wildman–Crippen LogP) is 3.63. The van der Waals surface area contributed by atoms with Crippen LogP contribution in [-0.2, 0) is 9.47 Å². The van der Waals surface area contributed by atoms with Crippen LogP contribution >= 0.6 is 28.1 Å². The zero-order valence-electron chi connectivity index (χ0n) is 16.2. The van der Waals surface area contributed by atoms with Gasteiger partial charge in [-0.1, -0.05) is 15.9 Å². The fourth-order valence-electron chi connectivity index (χ4n) is 2.25. The summed E-state index contributed by atoms with van der Waals surface area (Å²) in [5.41, 5.74) is 1.08. The molecule has 0 saturated carbocycles. The molecule has 0 fully saturated rings. The van der Waals surface area contributed by atoms with Crippen molar-refractivity contribution in [3.05, 3.63) is 52.5 Å². The van der Waals surface area contributed by atoms with Crippen molar-refractivity contribution in [2.24, 2.45) is 0 Å². The third-order valence-corrected chi connectivity index (χ3v) is 4.32. The number of rotatable bonds is 10. The van der Waals surface area contributed by atoms with Crippen molar-refractivity contribution >= 4 is 44.9 Å². The summed E-state index contributed by atoms with van der Waals surface area (Å²) in [6.07, 6.45) is 0. The average molecular weight is 483 g/mol. The van der Waals surface area contributed by atoms with Gasteiger partial charge < -0.3 is 24.3 Å². The molecule has 0 atom stereocenters. The largest absolute Gasteiger partial charge is 0.491 e. The number of methoxy groups -OCH3 is 2. The molecule has 0 radical (unpaired) electrons. The third kappa shape index (κ3) is 7.98. The number of hydrogen-bond donors (Lipinski definition) is 2. The van der Waals surface area contributed by atoms with Crippen LogP contribution in [0.3, 0.4) is 0 Å². The van der Waals surface area contributed by atoms with Gasteiger partial charge in [-0.05, 0) is 54.7 Å². The van der Waals surface area contributed by atoms with Crippen LogP contribution in [0, 0.1) is 0 Å². The lowest BCUT2D eigenvalue weighted by Gasteiger charge is -2.14. The van der Waals surface area contributed by atoms with E-state index in [1.54, 1.807) is 56.7 Å². The van der Waals surface area contributed by atoms with E-state index in [9.17, 15) is 4.79 Å². The maximum Gasteiger partial charge on any atom is 0.261 e. The Bertz CT molecular complexity index is 817. The van der Waals surface area contributed by atoms with E-state index >= 15 is 0 Å². The van der Waals surface area contributed by atoms with Crippen molar-refractivity contribution in [3.63, 3.8) is 0 Å². The third-order valence-electron chi connectivity index (χ3n) is 3.63. The minimum atomic E-state index is -0.379. The number of amides is 1. The zero-order chi connectivity index (χ0) is 21.1. The van der Waals surface area contributed by atoms with E-state index in [2.05, 4.69) is 26.6 Å². The van der Waals surface area contributed by atoms with Crippen LogP contribution in [0.1, 0.15) is 10.4 Å². The summed E-state index contributed by atoms with van der Waals surface area (Å²) >= 11 is 8.62. The lowest BCUT2D eigenvalue weighted by Crippen LogP contribution is -2.34. The fourth-order valence-corrected chi connectivity index (χ4v) is 2.82. The van der Waals surface area contributed by atoms with Gasteiger partial charge >= 0.3 is 0 Å². The Hall–Kier alpha value is -2.20. The van der Waals surface area contributed by atoms with Gasteiger partial charge in [0.2, 0.25) is 0 Å². The molecule has 0 bridgehead atoms. The lowest BCUT2D eigenvalue weighted by atomic mass is 10.2. The highest BCUT2D eigenvalue weighted by atomic mass is 79.9. The number of thiocarbonyl (C=S) groups is 1. The van der Waals surface area contributed by atoms with E-state index in [4.69, 9.17) is 31.2 Å². The normalized spacial score (nSPS) is 10.3. The van der Waals surface area contributed by atoms with Crippen molar-refractivity contribution in [2.75, 3.05) is 46.0 Å². The molecule has 29 heavy (non-hydrogen) atoms. The van der Waals surface area contributed by atoms with Gasteiger partial charge in [0.1, 0.15) is 24.7 Å². The van der Waals surface area contributed by atoms with E-state index < -0.39 is 0 Å². The second kappa shape index (κ2) is 12.4. The van der Waals surface area contributed by atoms with Gasteiger partial charge in [0.05, 0.1) is 18.8 Å². The molecule has 1 amide bonds. The quantitative estimate of drug-likeness (QED) is 0.395. The van der Waals surface area contributed by atoms with E-state index in [0.717, 1.165) is 15.9 Å². The van der Waals surface area contributed by atoms with E-state index in [1.807, 2.05) is 0 Å². The van der Waals surface area contributed by atoms with Crippen LogP contribution in [0.2, 0.25) is 0 Å². The van der Waals surface area contributed by atoms with Gasteiger partial charge in [0.15, 0.2) is 5.11 Å². The van der Waals surface area contributed by atoms with Crippen LogP contribution in [0.4, 0.5) is 5.69 Å². The van der Waals surface area contributed by atoms with E-state index in [-0.39, 0.29) is 11.0 Å². The molecule has 2 N–H and O–H groups in total. The first-order valence-electron chi connectivity index (χ1n) is 8.79. The van der Waals surface area contributed by atoms with Crippen molar-refractivity contribution in [1.82, 2.24) is 5.32 Å². The number of carbonyl (C=O) groups excluding carboxylic acids is 1. The van der Waals surface area contributed by atoms with Crippen LogP contribution in [-0.4, -0.2) is 51.7 Å². The Labute approximate surface area is 183 Å². The smallest absolute Gasteiger partial charge is 0.261 e. The summed E-state index contributed by atoms with van der Waals surface area (Å²) < 4.78 is 21.8. The van der Waals surface area contributed by atoms with Crippen molar-refractivity contribution in [1.29, 1.82) is 0 Å². The summed E-state index contributed by atoms with van der Waals surface area (Å²) in [5, 5.41) is 5.80. The highest BCUT2D eigenvalue weighted by Gasteiger charge is 2.15. The first-order chi connectivity index (χ1) is 14.0. The number of benzene rings is 2. The van der Waals surface area contributed by atoms with Gasteiger partial charge in [-0.15, -0.1) is 0 Å². The lowest BCUT2D eigenvalue weighted by molar-refractivity contribution is 0.0969. The predicted molar refractivity (Wildman–Crippen MR) is 119 cm³/mol. The second-order valence-corrected chi connectivity index (χ2v) is 7.08. The van der Waals surface area contributed by atoms with Gasteiger partial charge in [0, 0.05) is 24.4 Å². The van der Waals surface area contributed by atoms with Crippen LogP contribution in [0.5, 0.6) is 11.5 Å². The van der Waals surface area contributed by atoms with Crippen LogP contribution in [0.25, 0.3) is 0 Å². The molecule has 7 nitrogen and oxygen atoms in total. The molecule has 0 aliphatic heterocycles. The molecular weight excluding hydrogens is 460 g/mol. The molecule has 0 heterocycles. The number of carbonyl (C=O) groups is 1. The summed E-state index contributed by atoms with van der Waals surface area (Å²) in [5.74, 6) is 0.786. The number of halogens is 1. The molecule has 0 aromatic heterocycles. The molecular formula is C20H23BrN2O5S. The maximum atomic E-state index is 12.6. The molecule has 0 aliphatic carbocycles. The van der Waals surface area contributed by atoms with E-state index in [0.29, 0.717) is 37.7 Å². The van der Waals surface area contributed by atoms with Crippen LogP contribution < -0.4 is 20.1 Å². The van der Waals surface area contributed by atoms with Gasteiger partial charge in [0.25, 0.3) is 5.91 Å². The first-order valence-corrected chi connectivity index (χ1v) is 9.99. The average Bonchev–Trinajstić information content (AvgIpc) is 2.70. The summed E-state index contributed by atoms with van der Waals surface area (Å²) in [6, 6.07) is 12.4. The number of hydrogen-bond acceptors (Lipinski definition) is 6. The Balaban J connectivity index is 1.95. The zero-order valence-corrected chi connectivity index (χ0v) is 18.6. The number of nitrogens with one attached hydrogen (secondary N) is 2. The summed E-state index contributed by atoms with van der Waals surface area (Å²) in [7, 11) is 3.20. The van der Waals surface area contributed by atoms with E-state index in [1.165, 1.54) is 0 Å². The Kier molecular flexibility index (Phi) is 9.85. The Morgan fingerprint density at radius 3 is 2.28 bits per heavy atom. The Morgan fingerprint density at radius 1 is 0.966 bits per heavy atom. The topological polar surface area (TPSA) is 78.1 Å². The molecule has 0 aliphatic rings. The standard InChI is InChI=1S/C20H23BrN2O5S/c1-25-9-11-27-16-6-4-15(5-7-16)22-20(29)23-19(24)17-13-14(21)3-8-18(17)28-12-10-26-2/h3-8,13H,9-12H2,1-2H3,(H2,22,23,24,29). The highest BCUT2D eigenvalue weighted by molar-refractivity contribution is 9.10. The molecule has 2 aromatic rings. The number of ether oxygens (including phenoxy) is 4. The van der Waals surface area contributed by atoms with Gasteiger partial charge in [-0.3, -0.25) is 10.1 Å².